The number of para-hydroxylation sites is 3. The minimum Gasteiger partial charge on any atom is -0.456 e. The average Bonchev–Trinajstić information content (AvgIpc) is 3.80. The first-order valence-electron chi connectivity index (χ1n) is 19.1. The van der Waals surface area contributed by atoms with E-state index in [9.17, 15) is 0 Å². The van der Waals surface area contributed by atoms with Crippen LogP contribution < -0.4 is 0 Å². The molecule has 4 heteroatoms. The number of hydrogen-bond donors (Lipinski definition) is 0. The van der Waals surface area contributed by atoms with Gasteiger partial charge in [-0.15, -0.1) is 0 Å². The zero-order valence-electron chi connectivity index (χ0n) is 30.0. The Kier molecular flexibility index (Phi) is 5.86. The standard InChI is InChI=1S/C52H29N3O/c1-4-19-44-42(14-1)51(41-26-25-40-37-16-8-11-30-10-7-15-36(49(30)37)38-17-9-18-39(41)50(38)40)54-52(53-44)55-45-20-5-2-12-33(45)34-24-22-32(29-46(34)55)31-23-27-48-43(28-31)35-13-3-6-21-47(35)56-48/h1-29H. The minimum atomic E-state index is 0.647. The Bertz CT molecular complexity index is 3730. The Balaban J connectivity index is 1.08. The van der Waals surface area contributed by atoms with Crippen LogP contribution in [0.25, 0.3) is 126 Å². The van der Waals surface area contributed by atoms with E-state index in [1.54, 1.807) is 0 Å². The highest BCUT2D eigenvalue weighted by Gasteiger charge is 2.21. The van der Waals surface area contributed by atoms with Crippen molar-refractivity contribution in [2.24, 2.45) is 0 Å². The van der Waals surface area contributed by atoms with Crippen LogP contribution in [-0.2, 0) is 0 Å². The molecule has 0 aliphatic carbocycles. The van der Waals surface area contributed by atoms with Gasteiger partial charge in [0, 0.05) is 32.5 Å². The molecule has 0 aliphatic rings. The van der Waals surface area contributed by atoms with E-state index >= 15 is 0 Å². The third kappa shape index (κ3) is 4.02. The van der Waals surface area contributed by atoms with Crippen LogP contribution in [0.1, 0.15) is 0 Å². The second-order valence-corrected chi connectivity index (χ2v) is 14.9. The molecule has 3 aromatic heterocycles. The van der Waals surface area contributed by atoms with E-state index in [0.717, 1.165) is 77.0 Å². The first-order valence-corrected chi connectivity index (χ1v) is 19.1. The van der Waals surface area contributed by atoms with Gasteiger partial charge in [-0.1, -0.05) is 140 Å². The molecule has 258 valence electrons. The van der Waals surface area contributed by atoms with Crippen molar-refractivity contribution in [3.8, 4) is 28.3 Å². The molecule has 0 unspecified atom stereocenters. The van der Waals surface area contributed by atoms with Gasteiger partial charge in [-0.2, -0.15) is 0 Å². The second-order valence-electron chi connectivity index (χ2n) is 14.9. The largest absolute Gasteiger partial charge is 0.456 e. The Morgan fingerprint density at radius 3 is 1.86 bits per heavy atom. The molecule has 0 amide bonds. The lowest BCUT2D eigenvalue weighted by atomic mass is 9.87. The van der Waals surface area contributed by atoms with Crippen LogP contribution in [0, 0.1) is 0 Å². The highest BCUT2D eigenvalue weighted by atomic mass is 16.3. The summed E-state index contributed by atoms with van der Waals surface area (Å²) < 4.78 is 8.42. The molecule has 10 aromatic carbocycles. The summed E-state index contributed by atoms with van der Waals surface area (Å²) >= 11 is 0. The van der Waals surface area contributed by atoms with Crippen LogP contribution in [0.15, 0.2) is 180 Å². The number of nitrogens with zero attached hydrogens (tertiary/aromatic N) is 3. The van der Waals surface area contributed by atoms with Crippen molar-refractivity contribution in [1.82, 2.24) is 14.5 Å². The number of furan rings is 1. The summed E-state index contributed by atoms with van der Waals surface area (Å²) in [5, 5.41) is 15.7. The first kappa shape index (κ1) is 29.8. The molecule has 0 spiro atoms. The van der Waals surface area contributed by atoms with E-state index in [0.29, 0.717) is 5.95 Å². The first-order chi connectivity index (χ1) is 27.8. The van der Waals surface area contributed by atoms with Crippen molar-refractivity contribution in [3.05, 3.63) is 176 Å². The van der Waals surface area contributed by atoms with Crippen molar-refractivity contribution in [1.29, 1.82) is 0 Å². The fourth-order valence-corrected chi connectivity index (χ4v) is 9.49. The second kappa shape index (κ2) is 11.0. The van der Waals surface area contributed by atoms with Crippen LogP contribution in [0.2, 0.25) is 0 Å². The topological polar surface area (TPSA) is 43.9 Å². The predicted molar refractivity (Wildman–Crippen MR) is 233 cm³/mol. The molecule has 3 heterocycles. The van der Waals surface area contributed by atoms with E-state index < -0.39 is 0 Å². The number of benzene rings is 10. The van der Waals surface area contributed by atoms with Crippen molar-refractivity contribution >= 4 is 97.7 Å². The van der Waals surface area contributed by atoms with Gasteiger partial charge >= 0.3 is 0 Å². The van der Waals surface area contributed by atoms with E-state index in [4.69, 9.17) is 14.4 Å². The van der Waals surface area contributed by atoms with Gasteiger partial charge in [-0.3, -0.25) is 4.57 Å². The van der Waals surface area contributed by atoms with Gasteiger partial charge in [0.1, 0.15) is 11.2 Å². The molecule has 0 radical (unpaired) electrons. The molecule has 0 saturated heterocycles. The summed E-state index contributed by atoms with van der Waals surface area (Å²) in [6.45, 7) is 0. The summed E-state index contributed by atoms with van der Waals surface area (Å²) in [5.41, 5.74) is 9.09. The molecule has 0 atom stereocenters. The summed E-state index contributed by atoms with van der Waals surface area (Å²) in [6, 6.07) is 63.1. The van der Waals surface area contributed by atoms with Crippen LogP contribution in [0.4, 0.5) is 0 Å². The Morgan fingerprint density at radius 1 is 0.375 bits per heavy atom. The SMILES string of the molecule is c1ccc2c(-c3ccc4c5cccc6cccc(c7cccc3c74)c65)nc(-n3c4ccccc4c4ccc(-c5ccc6oc7ccccc7c6c5)cc43)nc2c1. The third-order valence-electron chi connectivity index (χ3n) is 12.0. The predicted octanol–water partition coefficient (Wildman–Crippen LogP) is 14.0. The lowest BCUT2D eigenvalue weighted by molar-refractivity contribution is 0.669. The molecule has 0 saturated carbocycles. The Hall–Kier alpha value is -7.56. The summed E-state index contributed by atoms with van der Waals surface area (Å²) in [7, 11) is 0. The molecule has 0 aliphatic heterocycles. The van der Waals surface area contributed by atoms with Gasteiger partial charge < -0.3 is 4.42 Å². The quantitative estimate of drug-likeness (QED) is 0.135. The molecular weight excluding hydrogens is 683 g/mol. The van der Waals surface area contributed by atoms with Crippen molar-refractivity contribution in [2.75, 3.05) is 0 Å². The molecule has 13 aromatic rings. The fourth-order valence-electron chi connectivity index (χ4n) is 9.49. The van der Waals surface area contributed by atoms with E-state index in [1.807, 2.05) is 12.1 Å². The lowest BCUT2D eigenvalue weighted by Gasteiger charge is -2.17. The molecule has 4 nitrogen and oxygen atoms in total. The van der Waals surface area contributed by atoms with Crippen LogP contribution >= 0.6 is 0 Å². The number of rotatable bonds is 3. The van der Waals surface area contributed by atoms with Gasteiger partial charge in [0.2, 0.25) is 5.95 Å². The average molecular weight is 712 g/mol. The van der Waals surface area contributed by atoms with Crippen molar-refractivity contribution in [2.45, 2.75) is 0 Å². The Labute approximate surface area is 319 Å². The van der Waals surface area contributed by atoms with Crippen LogP contribution in [0.5, 0.6) is 0 Å². The number of hydrogen-bond acceptors (Lipinski definition) is 3. The summed E-state index contributed by atoms with van der Waals surface area (Å²) in [4.78, 5) is 10.9. The normalized spacial score (nSPS) is 12.3. The maximum Gasteiger partial charge on any atom is 0.235 e. The maximum atomic E-state index is 6.17. The van der Waals surface area contributed by atoms with Gasteiger partial charge in [0.05, 0.1) is 22.2 Å². The van der Waals surface area contributed by atoms with Crippen molar-refractivity contribution in [3.63, 3.8) is 0 Å². The molecule has 13 rings (SSSR count). The molecular formula is C52H29N3O. The number of aromatic nitrogens is 3. The minimum absolute atomic E-state index is 0.647. The van der Waals surface area contributed by atoms with Gasteiger partial charge in [0.15, 0.2) is 0 Å². The summed E-state index contributed by atoms with van der Waals surface area (Å²) in [6.07, 6.45) is 0. The highest BCUT2D eigenvalue weighted by molar-refractivity contribution is 6.34. The molecule has 0 fully saturated rings. The van der Waals surface area contributed by atoms with Crippen molar-refractivity contribution < 1.29 is 4.42 Å². The van der Waals surface area contributed by atoms with E-state index in [-0.39, 0.29) is 0 Å². The van der Waals surface area contributed by atoms with Gasteiger partial charge in [0.25, 0.3) is 0 Å². The lowest BCUT2D eigenvalue weighted by Crippen LogP contribution is -2.03. The highest BCUT2D eigenvalue weighted by Crippen LogP contribution is 2.44. The van der Waals surface area contributed by atoms with Crippen LogP contribution in [0.3, 0.4) is 0 Å². The third-order valence-corrected chi connectivity index (χ3v) is 12.0. The molecule has 0 N–H and O–H groups in total. The zero-order valence-corrected chi connectivity index (χ0v) is 30.0. The fraction of sp³-hybridized carbons (Fsp3) is 0. The van der Waals surface area contributed by atoms with E-state index in [1.165, 1.54) is 43.1 Å². The van der Waals surface area contributed by atoms with Gasteiger partial charge in [-0.25, -0.2) is 9.97 Å². The molecule has 56 heavy (non-hydrogen) atoms. The van der Waals surface area contributed by atoms with E-state index in [2.05, 4.69) is 168 Å². The zero-order chi connectivity index (χ0) is 36.5. The monoisotopic (exact) mass is 711 g/mol. The summed E-state index contributed by atoms with van der Waals surface area (Å²) in [5.74, 6) is 0.647. The van der Waals surface area contributed by atoms with Gasteiger partial charge in [-0.05, 0) is 90.6 Å². The number of fused-ring (bicyclic) bond motifs is 9. The molecule has 0 bridgehead atoms. The Morgan fingerprint density at radius 2 is 0.982 bits per heavy atom. The van der Waals surface area contributed by atoms with Crippen LogP contribution in [-0.4, -0.2) is 14.5 Å². The maximum absolute atomic E-state index is 6.17. The smallest absolute Gasteiger partial charge is 0.235 e.